The molecule has 0 bridgehead atoms. The molecule has 2 saturated carbocycles. The number of amides is 9. The predicted molar refractivity (Wildman–Crippen MR) is 423 cm³/mol. The van der Waals surface area contributed by atoms with Crippen molar-refractivity contribution in [3.05, 3.63) is 154 Å². The highest BCUT2D eigenvalue weighted by molar-refractivity contribution is 6.02. The van der Waals surface area contributed by atoms with E-state index in [1.165, 1.54) is 5.56 Å². The van der Waals surface area contributed by atoms with E-state index in [2.05, 4.69) is 63.7 Å². The van der Waals surface area contributed by atoms with Crippen LogP contribution in [0.2, 0.25) is 0 Å². The fourth-order valence-electron chi connectivity index (χ4n) is 17.6. The lowest BCUT2D eigenvalue weighted by Crippen LogP contribution is -2.60. The SMILES string of the molecule is CC(C)[C@H](NC(=O)CCOCCOCCOCCOCCCC(=O)CCC(=O)N1Cc2ccccc2C#Cc2ccccc21)C(=O)C[C@@H](CCCNC(N)=O)C(=O)Nc1ccc(COC(=O)Nc2ccc3c(c2)[C@@]2(C)CCC[C@](C)(C(=O)NC(=O)[C@@]4(C)CCC[C@]5(C)c6cc(NC(=O)CN)ccc6CC[C@@H]45)[C@@H]2CC3)cc1. The number of ketones is 2. The summed E-state index contributed by atoms with van der Waals surface area (Å²) in [6, 6.07) is 32.4. The lowest BCUT2D eigenvalue weighted by molar-refractivity contribution is -0.150. The van der Waals surface area contributed by atoms with Crippen LogP contribution in [0.5, 0.6) is 0 Å². The van der Waals surface area contributed by atoms with Crippen molar-refractivity contribution in [3.63, 3.8) is 0 Å². The Morgan fingerprint density at radius 3 is 1.74 bits per heavy atom. The van der Waals surface area contributed by atoms with E-state index in [-0.39, 0.29) is 130 Å². The van der Waals surface area contributed by atoms with Gasteiger partial charge in [0.2, 0.25) is 35.4 Å². The van der Waals surface area contributed by atoms with Crippen LogP contribution in [-0.4, -0.2) is 131 Å². The van der Waals surface area contributed by atoms with Gasteiger partial charge in [-0.05, 0) is 187 Å². The summed E-state index contributed by atoms with van der Waals surface area (Å²) in [6.45, 7) is 14.7. The summed E-state index contributed by atoms with van der Waals surface area (Å²) >= 11 is 0. The average Bonchev–Trinajstić information content (AvgIpc) is 0.724. The zero-order valence-corrected chi connectivity index (χ0v) is 65.2. The molecule has 0 saturated heterocycles. The number of aryl methyl sites for hydroxylation is 2. The van der Waals surface area contributed by atoms with Gasteiger partial charge in [0.15, 0.2) is 5.78 Å². The normalized spacial score (nSPS) is 21.2. The van der Waals surface area contributed by atoms with Crippen LogP contribution < -0.4 is 48.3 Å². The Balaban J connectivity index is 0.608. The average molecular weight is 1520 g/mol. The fraction of sp³-hybridized carbons (Fsp3) is 0.517. The highest BCUT2D eigenvalue weighted by atomic mass is 16.6. The summed E-state index contributed by atoms with van der Waals surface area (Å²) in [5.41, 5.74) is 18.7. The summed E-state index contributed by atoms with van der Waals surface area (Å²) in [4.78, 5) is 136. The van der Waals surface area contributed by atoms with Gasteiger partial charge in [0.25, 0.3) is 0 Å². The molecule has 24 heteroatoms. The second-order valence-electron chi connectivity index (χ2n) is 31.6. The third kappa shape index (κ3) is 21.5. The van der Waals surface area contributed by atoms with Crippen molar-refractivity contribution < 1.29 is 71.6 Å². The van der Waals surface area contributed by atoms with Crippen molar-refractivity contribution in [2.75, 3.05) is 86.8 Å². The van der Waals surface area contributed by atoms with Gasteiger partial charge >= 0.3 is 12.1 Å². The van der Waals surface area contributed by atoms with Crippen LogP contribution in [0.4, 0.5) is 32.3 Å². The smallest absolute Gasteiger partial charge is 0.411 e. The van der Waals surface area contributed by atoms with Gasteiger partial charge in [0.1, 0.15) is 12.4 Å². The first-order chi connectivity index (χ1) is 53.3. The maximum atomic E-state index is 14.9. The number of primary amides is 1. The molecule has 2 fully saturated rings. The number of urea groups is 1. The number of ether oxygens (including phenoxy) is 5. The molecule has 1 heterocycles. The number of carbonyl (C=O) groups excluding carboxylic acids is 10. The quantitative estimate of drug-likeness (QED) is 0.0104. The molecule has 5 aromatic carbocycles. The number of rotatable bonds is 37. The second-order valence-corrected chi connectivity index (χ2v) is 31.6. The zero-order valence-electron chi connectivity index (χ0n) is 65.2. The highest BCUT2D eigenvalue weighted by Gasteiger charge is 2.59. The lowest BCUT2D eigenvalue weighted by atomic mass is 9.49. The van der Waals surface area contributed by atoms with Crippen LogP contribution in [0.1, 0.15) is 189 Å². The largest absolute Gasteiger partial charge is 0.444 e. The van der Waals surface area contributed by atoms with Gasteiger partial charge in [-0.25, -0.2) is 9.59 Å². The zero-order chi connectivity index (χ0) is 79.3. The Morgan fingerprint density at radius 2 is 1.14 bits per heavy atom. The molecule has 0 aromatic heterocycles. The number of nitrogens with zero attached hydrogens (tertiary/aromatic N) is 1. The molecule has 4 aliphatic carbocycles. The number of carbonyl (C=O) groups is 10. The summed E-state index contributed by atoms with van der Waals surface area (Å²) in [6.07, 6.45) is 8.45. The molecule has 0 spiro atoms. The van der Waals surface area contributed by atoms with E-state index in [0.717, 1.165) is 90.4 Å². The minimum atomic E-state index is -0.895. The molecule has 1 aliphatic heterocycles. The Bertz CT molecular complexity index is 4250. The topological polar surface area (TPSA) is 344 Å². The summed E-state index contributed by atoms with van der Waals surface area (Å²) in [5.74, 6) is 3.12. The number of imide groups is 1. The number of hydrogen-bond donors (Lipinski definition) is 8. The number of Topliss-reactive ketones (excluding diaryl/α,β-unsaturated/α-hetero) is 2. The number of hydrogen-bond acceptors (Lipinski definition) is 16. The number of nitrogens with two attached hydrogens (primary N) is 2. The number of nitrogens with one attached hydrogen (secondary N) is 6. The Labute approximate surface area is 651 Å². The molecule has 10 rings (SSSR count). The fourth-order valence-corrected chi connectivity index (χ4v) is 17.6. The molecule has 594 valence electrons. The number of anilines is 4. The van der Waals surface area contributed by atoms with Gasteiger partial charge in [0, 0.05) is 79.4 Å². The van der Waals surface area contributed by atoms with Gasteiger partial charge in [-0.2, -0.15) is 0 Å². The van der Waals surface area contributed by atoms with Crippen LogP contribution in [-0.2, 0) is 98.9 Å². The standard InChI is InChI=1S/C87H111N9O15/c1-57(2)78(94-75(99)37-44-108-46-48-110-50-49-109-47-45-107-43-12-19-68(97)33-36-77(101)96-55-64-17-8-7-15-59(64)23-24-62-16-9-10-20-71(62)96)72(98)51-63(18-11-42-90-82(89)105)79(102)92-65-29-21-58(22-30-65)56-111-83(106)93-67-32-26-61-28-35-74-85(4,70(61)53-67)39-14-41-87(74,6)81(104)95-80(103)86(5)40-13-38-84(3)69-52-66(91-76(100)54-88)31-25-60(69)27-34-73(84)86/h7-10,15-17,20-22,25-26,29-32,52-53,57,63,73-74,78H,11-14,18-19,27-28,33-51,54-56,88H2,1-6H3,(H,91,100)(H,92,102)(H,93,106)(H,94,99)(H3,89,90,105)(H,95,103,104)/t63-,73-,74-,78+,84-,85-,86+,87+/m1/s1. The van der Waals surface area contributed by atoms with Gasteiger partial charge < -0.3 is 61.3 Å². The van der Waals surface area contributed by atoms with Gasteiger partial charge in [-0.15, -0.1) is 0 Å². The molecule has 111 heavy (non-hydrogen) atoms. The van der Waals surface area contributed by atoms with Crippen LogP contribution in [0.3, 0.4) is 0 Å². The predicted octanol–water partition coefficient (Wildman–Crippen LogP) is 11.3. The van der Waals surface area contributed by atoms with Crippen molar-refractivity contribution in [2.24, 2.45) is 46.0 Å². The molecule has 9 amide bonds. The van der Waals surface area contributed by atoms with E-state index in [4.69, 9.17) is 35.2 Å². The molecule has 0 radical (unpaired) electrons. The van der Waals surface area contributed by atoms with Crippen molar-refractivity contribution in [1.82, 2.24) is 16.0 Å². The minimum Gasteiger partial charge on any atom is -0.444 e. The van der Waals surface area contributed by atoms with Crippen LogP contribution in [0, 0.1) is 46.3 Å². The molecular formula is C87H111N9O15. The third-order valence-electron chi connectivity index (χ3n) is 23.6. The molecule has 10 N–H and O–H groups in total. The first-order valence-electron chi connectivity index (χ1n) is 39.5. The van der Waals surface area contributed by atoms with Crippen molar-refractivity contribution in [2.45, 2.75) is 187 Å². The van der Waals surface area contributed by atoms with Crippen molar-refractivity contribution >= 4 is 81.9 Å². The Kier molecular flexibility index (Phi) is 29.5. The van der Waals surface area contributed by atoms with Crippen molar-refractivity contribution in [1.29, 1.82) is 0 Å². The molecule has 8 atom stereocenters. The van der Waals surface area contributed by atoms with Crippen LogP contribution in [0.25, 0.3) is 0 Å². The number of para-hydroxylation sites is 1. The minimum absolute atomic E-state index is 0.000766. The first kappa shape index (κ1) is 83.8. The van der Waals surface area contributed by atoms with E-state index in [9.17, 15) is 47.9 Å². The highest BCUT2D eigenvalue weighted by Crippen LogP contribution is 2.60. The lowest BCUT2D eigenvalue weighted by Gasteiger charge is -2.56. The first-order valence-corrected chi connectivity index (χ1v) is 39.5. The van der Waals surface area contributed by atoms with Crippen LogP contribution in [0.15, 0.2) is 109 Å². The molecular weight excluding hydrogens is 1410 g/mol. The van der Waals surface area contributed by atoms with E-state index < -0.39 is 52.1 Å². The van der Waals surface area contributed by atoms with E-state index in [1.807, 2.05) is 92.7 Å². The summed E-state index contributed by atoms with van der Waals surface area (Å²) in [5, 5.41) is 17.1. The monoisotopic (exact) mass is 1520 g/mol. The summed E-state index contributed by atoms with van der Waals surface area (Å²) < 4.78 is 28.2. The van der Waals surface area contributed by atoms with E-state index in [1.54, 1.807) is 43.0 Å². The maximum absolute atomic E-state index is 14.9. The molecule has 5 aliphatic rings. The Morgan fingerprint density at radius 1 is 0.577 bits per heavy atom. The van der Waals surface area contributed by atoms with E-state index in [0.29, 0.717) is 94.3 Å². The molecule has 5 aromatic rings. The third-order valence-corrected chi connectivity index (χ3v) is 23.6. The molecule has 0 unspecified atom stereocenters. The van der Waals surface area contributed by atoms with Crippen molar-refractivity contribution in [3.8, 4) is 11.8 Å². The summed E-state index contributed by atoms with van der Waals surface area (Å²) in [7, 11) is 0. The maximum Gasteiger partial charge on any atom is 0.411 e. The van der Waals surface area contributed by atoms with Gasteiger partial charge in [-0.1, -0.05) is 121 Å². The van der Waals surface area contributed by atoms with Gasteiger partial charge in [0.05, 0.1) is 81.9 Å². The van der Waals surface area contributed by atoms with Crippen LogP contribution >= 0.6 is 0 Å². The number of fused-ring (bicyclic) bond motifs is 8. The van der Waals surface area contributed by atoms with Gasteiger partial charge in [-0.3, -0.25) is 49.0 Å². The van der Waals surface area contributed by atoms with E-state index >= 15 is 0 Å². The molecule has 24 nitrogen and oxygen atoms in total. The second kappa shape index (κ2) is 39.0. The number of benzene rings is 5. The Hall–Kier alpha value is -9.64.